The van der Waals surface area contributed by atoms with Gasteiger partial charge in [-0.2, -0.15) is 5.10 Å². The maximum Gasteiger partial charge on any atom is 0.276 e. The lowest BCUT2D eigenvalue weighted by atomic mass is 10.1. The Morgan fingerprint density at radius 2 is 2.05 bits per heavy atom. The minimum absolute atomic E-state index is 0.178. The Hall–Kier alpha value is -2.10. The third kappa shape index (κ3) is 3.47. The molecule has 2 N–H and O–H groups in total. The molecule has 0 aliphatic carbocycles. The van der Waals surface area contributed by atoms with Crippen LogP contribution in [-0.2, 0) is 6.42 Å². The van der Waals surface area contributed by atoms with Gasteiger partial charge in [0.25, 0.3) is 5.91 Å². The van der Waals surface area contributed by atoms with Crippen LogP contribution in [0.4, 0.5) is 5.69 Å². The zero-order chi connectivity index (χ0) is 14.7. The number of carbonyl (C=O) groups is 1. The summed E-state index contributed by atoms with van der Waals surface area (Å²) < 4.78 is 0. The summed E-state index contributed by atoms with van der Waals surface area (Å²) >= 11 is 0. The summed E-state index contributed by atoms with van der Waals surface area (Å²) in [5, 5.41) is 9.89. The van der Waals surface area contributed by atoms with Gasteiger partial charge in [0.2, 0.25) is 0 Å². The van der Waals surface area contributed by atoms with Gasteiger partial charge < -0.3 is 5.32 Å². The number of amides is 1. The van der Waals surface area contributed by atoms with Crippen molar-refractivity contribution in [1.82, 2.24) is 10.2 Å². The molecule has 2 rings (SSSR count). The molecule has 0 atom stereocenters. The van der Waals surface area contributed by atoms with Crippen LogP contribution < -0.4 is 5.32 Å². The Kier molecular flexibility index (Phi) is 4.23. The van der Waals surface area contributed by atoms with E-state index < -0.39 is 0 Å². The van der Waals surface area contributed by atoms with E-state index in [9.17, 15) is 4.79 Å². The van der Waals surface area contributed by atoms with Gasteiger partial charge in [-0.05, 0) is 43.9 Å². The number of H-pyrrole nitrogens is 1. The van der Waals surface area contributed by atoms with Crippen molar-refractivity contribution in [2.24, 2.45) is 5.92 Å². The van der Waals surface area contributed by atoms with Gasteiger partial charge in [-0.1, -0.05) is 31.5 Å². The molecule has 0 spiro atoms. The molecule has 4 nitrogen and oxygen atoms in total. The fourth-order valence-electron chi connectivity index (χ4n) is 2.16. The molecular formula is C16H21N3O. The predicted molar refractivity (Wildman–Crippen MR) is 81.0 cm³/mol. The fraction of sp³-hybridized carbons (Fsp3) is 0.375. The number of aromatic nitrogens is 2. The molecule has 1 aromatic carbocycles. The molecule has 4 heteroatoms. The number of rotatable bonds is 4. The molecule has 0 aliphatic heterocycles. The lowest BCUT2D eigenvalue weighted by Crippen LogP contribution is -2.13. The predicted octanol–water partition coefficient (Wildman–Crippen LogP) is 3.48. The Labute approximate surface area is 119 Å². The second-order valence-corrected chi connectivity index (χ2v) is 5.65. The average Bonchev–Trinajstić information content (AvgIpc) is 2.80. The van der Waals surface area contributed by atoms with Gasteiger partial charge in [0.15, 0.2) is 5.69 Å². The second kappa shape index (κ2) is 5.90. The van der Waals surface area contributed by atoms with Crippen LogP contribution >= 0.6 is 0 Å². The molecule has 1 heterocycles. The molecular weight excluding hydrogens is 250 g/mol. The highest BCUT2D eigenvalue weighted by Gasteiger charge is 2.12. The summed E-state index contributed by atoms with van der Waals surface area (Å²) in [6.07, 6.45) is 0.893. The van der Waals surface area contributed by atoms with Crippen LogP contribution in [0.3, 0.4) is 0 Å². The standard InChI is InChI=1S/C16H21N3O/c1-10(2)7-13-9-15(19-18-13)16(20)17-14-6-5-11(3)8-12(14)4/h5-6,8-10H,7H2,1-4H3,(H,17,20)(H,18,19). The van der Waals surface area contributed by atoms with Crippen LogP contribution in [0.25, 0.3) is 0 Å². The first-order valence-electron chi connectivity index (χ1n) is 6.88. The van der Waals surface area contributed by atoms with E-state index in [4.69, 9.17) is 0 Å². The highest BCUT2D eigenvalue weighted by atomic mass is 16.1. The van der Waals surface area contributed by atoms with E-state index in [0.29, 0.717) is 11.6 Å². The third-order valence-corrected chi connectivity index (χ3v) is 3.12. The third-order valence-electron chi connectivity index (χ3n) is 3.12. The molecule has 1 aromatic heterocycles. The summed E-state index contributed by atoms with van der Waals surface area (Å²) in [5.74, 6) is 0.355. The van der Waals surface area contributed by atoms with E-state index in [2.05, 4.69) is 29.4 Å². The van der Waals surface area contributed by atoms with Crippen LogP contribution in [0.1, 0.15) is 41.2 Å². The van der Waals surface area contributed by atoms with Crippen molar-refractivity contribution < 1.29 is 4.79 Å². The second-order valence-electron chi connectivity index (χ2n) is 5.65. The number of hydrogen-bond donors (Lipinski definition) is 2. The summed E-state index contributed by atoms with van der Waals surface area (Å²) in [7, 11) is 0. The molecule has 0 saturated heterocycles. The number of carbonyl (C=O) groups excluding carboxylic acids is 1. The zero-order valence-electron chi connectivity index (χ0n) is 12.4. The number of benzene rings is 1. The van der Waals surface area contributed by atoms with Crippen molar-refractivity contribution in [3.05, 3.63) is 46.8 Å². The highest BCUT2D eigenvalue weighted by Crippen LogP contribution is 2.17. The number of nitrogens with zero attached hydrogens (tertiary/aromatic N) is 1. The van der Waals surface area contributed by atoms with Crippen LogP contribution in [0, 0.1) is 19.8 Å². The SMILES string of the molecule is Cc1ccc(NC(=O)c2cc(CC(C)C)[nH]n2)c(C)c1. The minimum Gasteiger partial charge on any atom is -0.320 e. The molecule has 0 saturated carbocycles. The smallest absolute Gasteiger partial charge is 0.276 e. The van der Waals surface area contributed by atoms with Crippen LogP contribution in [0.2, 0.25) is 0 Å². The largest absolute Gasteiger partial charge is 0.320 e. The van der Waals surface area contributed by atoms with Crippen molar-refractivity contribution in [2.45, 2.75) is 34.1 Å². The monoisotopic (exact) mass is 271 g/mol. The number of aromatic amines is 1. The molecule has 0 unspecified atom stereocenters. The molecule has 0 radical (unpaired) electrons. The first-order valence-corrected chi connectivity index (χ1v) is 6.88. The van der Waals surface area contributed by atoms with Gasteiger partial charge in [-0.25, -0.2) is 0 Å². The van der Waals surface area contributed by atoms with E-state index in [1.54, 1.807) is 0 Å². The molecule has 0 aliphatic rings. The van der Waals surface area contributed by atoms with E-state index in [1.807, 2.05) is 38.1 Å². The number of aryl methyl sites for hydroxylation is 2. The molecule has 0 bridgehead atoms. The Bertz CT molecular complexity index is 614. The summed E-state index contributed by atoms with van der Waals surface area (Å²) in [4.78, 5) is 12.2. The molecule has 1 amide bonds. The van der Waals surface area contributed by atoms with E-state index in [-0.39, 0.29) is 5.91 Å². The average molecular weight is 271 g/mol. The maximum atomic E-state index is 12.2. The Balaban J connectivity index is 2.09. The number of nitrogens with one attached hydrogen (secondary N) is 2. The summed E-state index contributed by atoms with van der Waals surface area (Å²) in [6.45, 7) is 8.29. The number of hydrogen-bond acceptors (Lipinski definition) is 2. The minimum atomic E-state index is -0.178. The van der Waals surface area contributed by atoms with Crippen molar-refractivity contribution in [3.8, 4) is 0 Å². The van der Waals surface area contributed by atoms with Crippen molar-refractivity contribution in [3.63, 3.8) is 0 Å². The van der Waals surface area contributed by atoms with Crippen LogP contribution in [-0.4, -0.2) is 16.1 Å². The molecule has 20 heavy (non-hydrogen) atoms. The Morgan fingerprint density at radius 1 is 1.30 bits per heavy atom. The van der Waals surface area contributed by atoms with Gasteiger partial charge in [-0.3, -0.25) is 9.89 Å². The summed E-state index contributed by atoms with van der Waals surface area (Å²) in [6, 6.07) is 7.77. The van der Waals surface area contributed by atoms with Crippen LogP contribution in [0.5, 0.6) is 0 Å². The van der Waals surface area contributed by atoms with Gasteiger partial charge in [-0.15, -0.1) is 0 Å². The highest BCUT2D eigenvalue weighted by molar-refractivity contribution is 6.03. The van der Waals surface area contributed by atoms with E-state index in [0.717, 1.165) is 23.4 Å². The summed E-state index contributed by atoms with van der Waals surface area (Å²) in [5.41, 5.74) is 4.48. The fourth-order valence-corrected chi connectivity index (χ4v) is 2.16. The van der Waals surface area contributed by atoms with Crippen molar-refractivity contribution in [1.29, 1.82) is 0 Å². The van der Waals surface area contributed by atoms with Crippen molar-refractivity contribution in [2.75, 3.05) is 5.32 Å². The normalized spacial score (nSPS) is 10.8. The van der Waals surface area contributed by atoms with Gasteiger partial charge in [0, 0.05) is 11.4 Å². The zero-order valence-corrected chi connectivity index (χ0v) is 12.4. The van der Waals surface area contributed by atoms with E-state index >= 15 is 0 Å². The quantitative estimate of drug-likeness (QED) is 0.894. The lowest BCUT2D eigenvalue weighted by Gasteiger charge is -2.07. The van der Waals surface area contributed by atoms with Gasteiger partial charge in [0.05, 0.1) is 0 Å². The maximum absolute atomic E-state index is 12.2. The van der Waals surface area contributed by atoms with Gasteiger partial charge >= 0.3 is 0 Å². The van der Waals surface area contributed by atoms with E-state index in [1.165, 1.54) is 5.56 Å². The van der Waals surface area contributed by atoms with Gasteiger partial charge in [0.1, 0.15) is 0 Å². The first kappa shape index (κ1) is 14.3. The molecule has 0 fully saturated rings. The lowest BCUT2D eigenvalue weighted by molar-refractivity contribution is 0.102. The molecule has 106 valence electrons. The Morgan fingerprint density at radius 3 is 2.70 bits per heavy atom. The van der Waals surface area contributed by atoms with Crippen molar-refractivity contribution >= 4 is 11.6 Å². The first-order chi connectivity index (χ1) is 9.45. The number of anilines is 1. The van der Waals surface area contributed by atoms with Crippen LogP contribution in [0.15, 0.2) is 24.3 Å². The topological polar surface area (TPSA) is 57.8 Å². The molecule has 2 aromatic rings.